The second kappa shape index (κ2) is 6.88. The quantitative estimate of drug-likeness (QED) is 0.548. The van der Waals surface area contributed by atoms with Crippen LogP contribution in [-0.2, 0) is 9.53 Å². The van der Waals surface area contributed by atoms with Crippen molar-refractivity contribution in [3.63, 3.8) is 0 Å². The van der Waals surface area contributed by atoms with Crippen molar-refractivity contribution in [3.8, 4) is 5.75 Å². The average Bonchev–Trinajstić information content (AvgIpc) is 2.28. The van der Waals surface area contributed by atoms with E-state index >= 15 is 0 Å². The average molecular weight is 222 g/mol. The monoisotopic (exact) mass is 222 g/mol. The maximum atomic E-state index is 10.8. The van der Waals surface area contributed by atoms with Crippen LogP contribution in [0.25, 0.3) is 0 Å². The van der Waals surface area contributed by atoms with Gasteiger partial charge in [-0.1, -0.05) is 12.1 Å². The zero-order chi connectivity index (χ0) is 11.8. The third kappa shape index (κ3) is 4.82. The number of hydrogen-bond donors (Lipinski definition) is 0. The molecule has 16 heavy (non-hydrogen) atoms. The maximum absolute atomic E-state index is 10.8. The van der Waals surface area contributed by atoms with Gasteiger partial charge in [-0.2, -0.15) is 0 Å². The zero-order valence-corrected chi connectivity index (χ0v) is 9.86. The first-order chi connectivity index (χ1) is 7.72. The first-order valence-electron chi connectivity index (χ1n) is 5.48. The molecule has 0 spiro atoms. The summed E-state index contributed by atoms with van der Waals surface area (Å²) in [6, 6.07) is 7.94. The lowest BCUT2D eigenvalue weighted by Gasteiger charge is -2.06. The number of carbonyl (C=O) groups is 1. The van der Waals surface area contributed by atoms with Crippen molar-refractivity contribution in [1.29, 1.82) is 0 Å². The molecule has 0 atom stereocenters. The summed E-state index contributed by atoms with van der Waals surface area (Å²) >= 11 is 0. The molecule has 88 valence electrons. The van der Waals surface area contributed by atoms with Crippen molar-refractivity contribution < 1.29 is 14.3 Å². The van der Waals surface area contributed by atoms with E-state index < -0.39 is 0 Å². The standard InChI is InChI=1S/C13H18O3/c1-11-6-5-7-12(10-11)16-9-4-3-8-13(14)15-2/h5-7,10H,3-4,8-9H2,1-2H3. The molecule has 0 N–H and O–H groups in total. The zero-order valence-electron chi connectivity index (χ0n) is 9.86. The van der Waals surface area contributed by atoms with Gasteiger partial charge >= 0.3 is 5.97 Å². The van der Waals surface area contributed by atoms with Crippen LogP contribution in [0, 0.1) is 6.92 Å². The summed E-state index contributed by atoms with van der Waals surface area (Å²) in [5.74, 6) is 0.730. The van der Waals surface area contributed by atoms with Crippen LogP contribution in [0.3, 0.4) is 0 Å². The van der Waals surface area contributed by atoms with Gasteiger partial charge in [-0.15, -0.1) is 0 Å². The van der Waals surface area contributed by atoms with Crippen LogP contribution in [0.2, 0.25) is 0 Å². The van der Waals surface area contributed by atoms with Crippen molar-refractivity contribution in [1.82, 2.24) is 0 Å². The predicted molar refractivity (Wildman–Crippen MR) is 62.5 cm³/mol. The molecule has 0 saturated carbocycles. The van der Waals surface area contributed by atoms with Gasteiger partial charge in [0.15, 0.2) is 0 Å². The lowest BCUT2D eigenvalue weighted by Crippen LogP contribution is -2.02. The minimum absolute atomic E-state index is 0.157. The Bertz CT molecular complexity index is 334. The normalized spacial score (nSPS) is 9.88. The highest BCUT2D eigenvalue weighted by molar-refractivity contribution is 5.68. The summed E-state index contributed by atoms with van der Waals surface area (Å²) in [4.78, 5) is 10.8. The first kappa shape index (κ1) is 12.6. The highest BCUT2D eigenvalue weighted by Gasteiger charge is 1.99. The Morgan fingerprint density at radius 2 is 2.12 bits per heavy atom. The summed E-state index contributed by atoms with van der Waals surface area (Å²) in [6.07, 6.45) is 2.13. The van der Waals surface area contributed by atoms with Crippen LogP contribution in [0.1, 0.15) is 24.8 Å². The number of benzene rings is 1. The Hall–Kier alpha value is -1.51. The van der Waals surface area contributed by atoms with Crippen LogP contribution in [-0.4, -0.2) is 19.7 Å². The highest BCUT2D eigenvalue weighted by atomic mass is 16.5. The summed E-state index contributed by atoms with van der Waals surface area (Å²) in [7, 11) is 1.41. The number of esters is 1. The molecule has 1 rings (SSSR count). The molecule has 1 aromatic rings. The summed E-state index contributed by atoms with van der Waals surface area (Å²) in [5, 5.41) is 0. The first-order valence-corrected chi connectivity index (χ1v) is 5.48. The second-order valence-corrected chi connectivity index (χ2v) is 3.70. The van der Waals surface area contributed by atoms with Crippen LogP contribution < -0.4 is 4.74 Å². The molecule has 0 radical (unpaired) electrons. The minimum atomic E-state index is -0.157. The molecule has 0 aliphatic heterocycles. The third-order valence-electron chi connectivity index (χ3n) is 2.26. The van der Waals surface area contributed by atoms with Crippen molar-refractivity contribution in [2.75, 3.05) is 13.7 Å². The SMILES string of the molecule is COC(=O)CCCCOc1cccc(C)c1. The number of rotatable bonds is 6. The van der Waals surface area contributed by atoms with Crippen LogP contribution in [0.15, 0.2) is 24.3 Å². The third-order valence-corrected chi connectivity index (χ3v) is 2.26. The molecular formula is C13H18O3. The van der Waals surface area contributed by atoms with Crippen molar-refractivity contribution in [2.24, 2.45) is 0 Å². The number of unbranched alkanes of at least 4 members (excludes halogenated alkanes) is 1. The van der Waals surface area contributed by atoms with Gasteiger partial charge in [0.2, 0.25) is 0 Å². The van der Waals surface area contributed by atoms with Gasteiger partial charge in [0.05, 0.1) is 13.7 Å². The molecule has 0 saturated heterocycles. The Morgan fingerprint density at radius 1 is 1.31 bits per heavy atom. The van der Waals surface area contributed by atoms with E-state index in [0.29, 0.717) is 13.0 Å². The van der Waals surface area contributed by atoms with E-state index in [9.17, 15) is 4.79 Å². The van der Waals surface area contributed by atoms with Gasteiger partial charge < -0.3 is 9.47 Å². The summed E-state index contributed by atoms with van der Waals surface area (Å²) in [6.45, 7) is 2.67. The molecule has 0 aromatic heterocycles. The maximum Gasteiger partial charge on any atom is 0.305 e. The largest absolute Gasteiger partial charge is 0.494 e. The Morgan fingerprint density at radius 3 is 2.81 bits per heavy atom. The topological polar surface area (TPSA) is 35.5 Å². The fourth-order valence-electron chi connectivity index (χ4n) is 1.37. The van der Waals surface area contributed by atoms with E-state index in [0.717, 1.165) is 18.6 Å². The molecule has 0 amide bonds. The van der Waals surface area contributed by atoms with Crippen molar-refractivity contribution in [3.05, 3.63) is 29.8 Å². The fraction of sp³-hybridized carbons (Fsp3) is 0.462. The number of hydrogen-bond acceptors (Lipinski definition) is 3. The second-order valence-electron chi connectivity index (χ2n) is 3.70. The molecule has 0 aliphatic carbocycles. The van der Waals surface area contributed by atoms with E-state index in [-0.39, 0.29) is 5.97 Å². The number of aryl methyl sites for hydroxylation is 1. The van der Waals surface area contributed by atoms with Gasteiger partial charge in [-0.3, -0.25) is 4.79 Å². The number of ether oxygens (including phenoxy) is 2. The molecule has 0 fully saturated rings. The van der Waals surface area contributed by atoms with Crippen LogP contribution >= 0.6 is 0 Å². The molecule has 0 heterocycles. The smallest absolute Gasteiger partial charge is 0.305 e. The molecule has 0 bridgehead atoms. The molecule has 3 heteroatoms. The van der Waals surface area contributed by atoms with Gasteiger partial charge in [0, 0.05) is 6.42 Å². The van der Waals surface area contributed by atoms with Gasteiger partial charge in [0.1, 0.15) is 5.75 Å². The van der Waals surface area contributed by atoms with E-state index in [1.165, 1.54) is 12.7 Å². The van der Waals surface area contributed by atoms with Crippen LogP contribution in [0.4, 0.5) is 0 Å². The van der Waals surface area contributed by atoms with Gasteiger partial charge in [-0.25, -0.2) is 0 Å². The van der Waals surface area contributed by atoms with E-state index in [2.05, 4.69) is 4.74 Å². The minimum Gasteiger partial charge on any atom is -0.494 e. The lowest BCUT2D eigenvalue weighted by molar-refractivity contribution is -0.140. The van der Waals surface area contributed by atoms with Crippen molar-refractivity contribution >= 4 is 5.97 Å². The van der Waals surface area contributed by atoms with E-state index in [1.54, 1.807) is 0 Å². The lowest BCUT2D eigenvalue weighted by atomic mass is 10.2. The summed E-state index contributed by atoms with van der Waals surface area (Å²) < 4.78 is 10.1. The highest BCUT2D eigenvalue weighted by Crippen LogP contribution is 2.12. The Labute approximate surface area is 96.4 Å². The van der Waals surface area contributed by atoms with Gasteiger partial charge in [0.25, 0.3) is 0 Å². The molecule has 0 unspecified atom stereocenters. The Balaban J connectivity index is 2.14. The molecule has 0 aliphatic rings. The van der Waals surface area contributed by atoms with Crippen molar-refractivity contribution in [2.45, 2.75) is 26.2 Å². The number of carbonyl (C=O) groups excluding carboxylic acids is 1. The van der Waals surface area contributed by atoms with E-state index in [1.807, 2.05) is 31.2 Å². The van der Waals surface area contributed by atoms with Gasteiger partial charge in [-0.05, 0) is 37.5 Å². The fourth-order valence-corrected chi connectivity index (χ4v) is 1.37. The molecular weight excluding hydrogens is 204 g/mol. The molecule has 3 nitrogen and oxygen atoms in total. The summed E-state index contributed by atoms with van der Waals surface area (Å²) in [5.41, 5.74) is 1.19. The van der Waals surface area contributed by atoms with Crippen LogP contribution in [0.5, 0.6) is 5.75 Å². The Kier molecular flexibility index (Phi) is 5.40. The number of methoxy groups -OCH3 is 1. The molecule has 1 aromatic carbocycles. The van der Waals surface area contributed by atoms with E-state index in [4.69, 9.17) is 4.74 Å². The predicted octanol–water partition coefficient (Wildman–Crippen LogP) is 2.72.